The number of hydrogen-bond donors (Lipinski definition) is 0. The van der Waals surface area contributed by atoms with E-state index >= 15 is 0 Å². The molecule has 1 rings (SSSR count). The first-order chi connectivity index (χ1) is 8.01. The number of ether oxygens (including phenoxy) is 1. The molecule has 17 heavy (non-hydrogen) atoms. The van der Waals surface area contributed by atoms with Crippen LogP contribution in [0.5, 0.6) is 5.75 Å². The molecule has 0 amide bonds. The Bertz CT molecular complexity index is 482. The molecule has 0 N–H and O–H groups in total. The lowest BCUT2D eigenvalue weighted by Crippen LogP contribution is -2.13. The van der Waals surface area contributed by atoms with Gasteiger partial charge in [0.25, 0.3) is 0 Å². The van der Waals surface area contributed by atoms with Crippen LogP contribution >= 0.6 is 23.4 Å². The zero-order chi connectivity index (χ0) is 13.0. The quantitative estimate of drug-likeness (QED) is 0.621. The summed E-state index contributed by atoms with van der Waals surface area (Å²) in [6.45, 7) is 3.53. The van der Waals surface area contributed by atoms with Gasteiger partial charge in [-0.2, -0.15) is 5.26 Å². The highest BCUT2D eigenvalue weighted by Crippen LogP contribution is 2.29. The predicted molar refractivity (Wildman–Crippen MR) is 69.7 cm³/mol. The van der Waals surface area contributed by atoms with Gasteiger partial charge in [0.2, 0.25) is 0 Å². The van der Waals surface area contributed by atoms with Crippen LogP contribution in [0.4, 0.5) is 0 Å². The summed E-state index contributed by atoms with van der Waals surface area (Å²) >= 11 is 6.95. The van der Waals surface area contributed by atoms with Crippen molar-refractivity contribution in [2.75, 3.05) is 7.11 Å². The number of thioether (sulfide) groups is 1. The molecule has 0 aromatic heterocycles. The molecule has 0 spiro atoms. The SMILES string of the molecule is COc1cc(Cl)c(C(=O)C(C)SC#N)cc1C. The Kier molecular flexibility index (Phi) is 4.86. The molecule has 0 heterocycles. The number of methoxy groups -OCH3 is 1. The minimum Gasteiger partial charge on any atom is -0.496 e. The zero-order valence-electron chi connectivity index (χ0n) is 9.78. The average molecular weight is 270 g/mol. The third-order valence-electron chi connectivity index (χ3n) is 2.35. The van der Waals surface area contributed by atoms with Gasteiger partial charge < -0.3 is 4.74 Å². The number of hydrogen-bond acceptors (Lipinski definition) is 4. The average Bonchev–Trinajstić information content (AvgIpc) is 2.31. The first kappa shape index (κ1) is 13.9. The number of halogens is 1. The molecular weight excluding hydrogens is 258 g/mol. The highest BCUT2D eigenvalue weighted by molar-refractivity contribution is 8.04. The Morgan fingerprint density at radius 3 is 2.76 bits per heavy atom. The van der Waals surface area contributed by atoms with E-state index in [0.717, 1.165) is 17.3 Å². The molecule has 0 saturated carbocycles. The molecule has 1 atom stereocenters. The topological polar surface area (TPSA) is 50.1 Å². The first-order valence-electron chi connectivity index (χ1n) is 4.94. The summed E-state index contributed by atoms with van der Waals surface area (Å²) in [7, 11) is 1.55. The molecule has 0 bridgehead atoms. The van der Waals surface area contributed by atoms with Crippen LogP contribution in [0.15, 0.2) is 12.1 Å². The van der Waals surface area contributed by atoms with E-state index in [1.54, 1.807) is 26.2 Å². The maximum Gasteiger partial charge on any atom is 0.178 e. The molecule has 1 aromatic carbocycles. The van der Waals surface area contributed by atoms with Gasteiger partial charge >= 0.3 is 0 Å². The van der Waals surface area contributed by atoms with E-state index < -0.39 is 5.25 Å². The van der Waals surface area contributed by atoms with Crippen LogP contribution in [0.2, 0.25) is 5.02 Å². The van der Waals surface area contributed by atoms with Crippen LogP contribution in [0.3, 0.4) is 0 Å². The summed E-state index contributed by atoms with van der Waals surface area (Å²) in [6.07, 6.45) is 0. The predicted octanol–water partition coefficient (Wildman–Crippen LogP) is 3.44. The molecular formula is C12H12ClNO2S. The summed E-state index contributed by atoms with van der Waals surface area (Å²) in [6, 6.07) is 3.31. The fourth-order valence-electron chi connectivity index (χ4n) is 1.42. The lowest BCUT2D eigenvalue weighted by Gasteiger charge is -2.11. The number of nitrogens with zero attached hydrogens (tertiary/aromatic N) is 1. The minimum absolute atomic E-state index is 0.146. The molecule has 0 radical (unpaired) electrons. The van der Waals surface area contributed by atoms with Crippen LogP contribution in [0, 0.1) is 17.6 Å². The Morgan fingerprint density at radius 1 is 1.59 bits per heavy atom. The van der Waals surface area contributed by atoms with Gasteiger partial charge in [-0.3, -0.25) is 4.79 Å². The van der Waals surface area contributed by atoms with Gasteiger partial charge in [-0.15, -0.1) is 0 Å². The van der Waals surface area contributed by atoms with Crippen molar-refractivity contribution >= 4 is 29.1 Å². The number of Topliss-reactive ketones (excluding diaryl/α,β-unsaturated/α-hetero) is 1. The van der Waals surface area contributed by atoms with Crippen LogP contribution in [0.1, 0.15) is 22.8 Å². The summed E-state index contributed by atoms with van der Waals surface area (Å²) < 4.78 is 5.12. The summed E-state index contributed by atoms with van der Waals surface area (Å²) in [5, 5.41) is 10.4. The second-order valence-corrected chi connectivity index (χ2v) is 5.05. The molecule has 0 fully saturated rings. The van der Waals surface area contributed by atoms with Crippen molar-refractivity contribution in [3.8, 4) is 11.2 Å². The zero-order valence-corrected chi connectivity index (χ0v) is 11.4. The van der Waals surface area contributed by atoms with Crippen molar-refractivity contribution in [3.05, 3.63) is 28.3 Å². The largest absolute Gasteiger partial charge is 0.496 e. The lowest BCUT2D eigenvalue weighted by molar-refractivity contribution is 0.0994. The van der Waals surface area contributed by atoms with Gasteiger partial charge in [-0.1, -0.05) is 11.6 Å². The maximum atomic E-state index is 12.0. The maximum absolute atomic E-state index is 12.0. The van der Waals surface area contributed by atoms with E-state index in [-0.39, 0.29) is 5.78 Å². The number of carbonyl (C=O) groups is 1. The number of thiocyanates is 1. The molecule has 1 unspecified atom stereocenters. The van der Waals surface area contributed by atoms with Crippen LogP contribution in [0.25, 0.3) is 0 Å². The van der Waals surface area contributed by atoms with E-state index in [0.29, 0.717) is 16.3 Å². The highest BCUT2D eigenvalue weighted by atomic mass is 35.5. The number of aryl methyl sites for hydroxylation is 1. The van der Waals surface area contributed by atoms with Crippen molar-refractivity contribution in [3.63, 3.8) is 0 Å². The second-order valence-electron chi connectivity index (χ2n) is 3.52. The minimum atomic E-state index is -0.426. The van der Waals surface area contributed by atoms with Gasteiger partial charge in [0.1, 0.15) is 11.2 Å². The van der Waals surface area contributed by atoms with E-state index in [1.807, 2.05) is 12.3 Å². The third kappa shape index (κ3) is 3.15. The van der Waals surface area contributed by atoms with Crippen molar-refractivity contribution in [2.45, 2.75) is 19.1 Å². The Balaban J connectivity index is 3.11. The van der Waals surface area contributed by atoms with Gasteiger partial charge in [-0.25, -0.2) is 0 Å². The Hall–Kier alpha value is -1.18. The van der Waals surface area contributed by atoms with Gasteiger partial charge in [0, 0.05) is 5.56 Å². The number of ketones is 1. The van der Waals surface area contributed by atoms with Gasteiger partial charge in [0.15, 0.2) is 5.78 Å². The van der Waals surface area contributed by atoms with Crippen LogP contribution in [-0.2, 0) is 0 Å². The highest BCUT2D eigenvalue weighted by Gasteiger charge is 2.19. The van der Waals surface area contributed by atoms with E-state index in [4.69, 9.17) is 21.6 Å². The van der Waals surface area contributed by atoms with Crippen molar-refractivity contribution < 1.29 is 9.53 Å². The summed E-state index contributed by atoms with van der Waals surface area (Å²) in [5.74, 6) is 0.499. The monoisotopic (exact) mass is 269 g/mol. The number of benzene rings is 1. The molecule has 0 aliphatic carbocycles. The fraction of sp³-hybridized carbons (Fsp3) is 0.333. The van der Waals surface area contributed by atoms with Crippen molar-refractivity contribution in [2.24, 2.45) is 0 Å². The van der Waals surface area contributed by atoms with Gasteiger partial charge in [-0.05, 0) is 43.3 Å². The molecule has 5 heteroatoms. The fourth-order valence-corrected chi connectivity index (χ4v) is 2.06. The molecule has 0 aliphatic rings. The van der Waals surface area contributed by atoms with Crippen molar-refractivity contribution in [1.29, 1.82) is 5.26 Å². The molecule has 1 aromatic rings. The number of rotatable bonds is 4. The normalized spacial score (nSPS) is 11.7. The Morgan fingerprint density at radius 2 is 2.24 bits per heavy atom. The summed E-state index contributed by atoms with van der Waals surface area (Å²) in [5.41, 5.74) is 1.27. The number of carbonyl (C=O) groups excluding carboxylic acids is 1. The van der Waals surface area contributed by atoms with Gasteiger partial charge in [0.05, 0.1) is 17.4 Å². The first-order valence-corrected chi connectivity index (χ1v) is 6.20. The van der Waals surface area contributed by atoms with Crippen molar-refractivity contribution in [1.82, 2.24) is 0 Å². The molecule has 3 nitrogen and oxygen atoms in total. The second kappa shape index (κ2) is 5.95. The standard InChI is InChI=1S/C12H12ClNO2S/c1-7-4-9(10(13)5-11(7)16-3)12(15)8(2)17-6-14/h4-5,8H,1-3H3. The van der Waals surface area contributed by atoms with E-state index in [2.05, 4.69) is 0 Å². The summed E-state index contributed by atoms with van der Waals surface area (Å²) in [4.78, 5) is 12.0. The molecule has 0 aliphatic heterocycles. The number of nitriles is 1. The smallest absolute Gasteiger partial charge is 0.178 e. The third-order valence-corrected chi connectivity index (χ3v) is 3.33. The van der Waals surface area contributed by atoms with E-state index in [1.165, 1.54) is 0 Å². The van der Waals surface area contributed by atoms with Crippen LogP contribution in [-0.4, -0.2) is 18.1 Å². The van der Waals surface area contributed by atoms with E-state index in [9.17, 15) is 4.79 Å². The Labute approximate surface area is 110 Å². The lowest BCUT2D eigenvalue weighted by atomic mass is 10.1. The molecule has 0 saturated heterocycles. The van der Waals surface area contributed by atoms with Crippen LogP contribution < -0.4 is 4.74 Å². The molecule has 90 valence electrons.